The van der Waals surface area contributed by atoms with Gasteiger partial charge in [-0.1, -0.05) is 13.3 Å². The zero-order valence-electron chi connectivity index (χ0n) is 8.05. The van der Waals surface area contributed by atoms with Crippen LogP contribution in [0.4, 0.5) is 0 Å². The number of Topliss-reactive ketones (excluding diaryl/α,β-unsaturated/α-hetero) is 1. The third-order valence-electron chi connectivity index (χ3n) is 1.80. The summed E-state index contributed by atoms with van der Waals surface area (Å²) in [5.41, 5.74) is 0. The van der Waals surface area contributed by atoms with E-state index in [1.165, 1.54) is 0 Å². The van der Waals surface area contributed by atoms with Crippen molar-refractivity contribution in [3.05, 3.63) is 0 Å². The van der Waals surface area contributed by atoms with E-state index in [0.717, 1.165) is 19.4 Å². The Bertz CT molecular complexity index is 121. The molecule has 11 heavy (non-hydrogen) atoms. The van der Waals surface area contributed by atoms with Crippen LogP contribution < -0.4 is 0 Å². The van der Waals surface area contributed by atoms with Crippen molar-refractivity contribution >= 4 is 5.78 Å². The molecule has 0 saturated carbocycles. The average molecular weight is 157 g/mol. The van der Waals surface area contributed by atoms with Gasteiger partial charge in [0.25, 0.3) is 0 Å². The Balaban J connectivity index is 3.79. The van der Waals surface area contributed by atoms with Crippen LogP contribution in [-0.4, -0.2) is 31.3 Å². The van der Waals surface area contributed by atoms with Crippen molar-refractivity contribution in [2.45, 2.75) is 26.7 Å². The Morgan fingerprint density at radius 3 is 2.27 bits per heavy atom. The molecular formula is C9H19NO. The van der Waals surface area contributed by atoms with Crippen LogP contribution in [0.3, 0.4) is 0 Å². The maximum Gasteiger partial charge on any atom is 0.134 e. The standard InChI is InChI=1S/C9H19NO/c1-5-6-9(8(2)11)7-10(3)4/h9H,5-7H2,1-4H3. The molecule has 0 spiro atoms. The van der Waals surface area contributed by atoms with Crippen molar-refractivity contribution in [3.8, 4) is 0 Å². The van der Waals surface area contributed by atoms with Crippen molar-refractivity contribution < 1.29 is 4.79 Å². The van der Waals surface area contributed by atoms with Gasteiger partial charge in [-0.15, -0.1) is 0 Å². The number of ketones is 1. The summed E-state index contributed by atoms with van der Waals surface area (Å²) in [5, 5.41) is 0. The highest BCUT2D eigenvalue weighted by molar-refractivity contribution is 5.78. The van der Waals surface area contributed by atoms with Crippen molar-refractivity contribution in [1.29, 1.82) is 0 Å². The highest BCUT2D eigenvalue weighted by Gasteiger charge is 2.13. The normalized spacial score (nSPS) is 13.5. The van der Waals surface area contributed by atoms with Crippen molar-refractivity contribution in [3.63, 3.8) is 0 Å². The fraction of sp³-hybridized carbons (Fsp3) is 0.889. The minimum Gasteiger partial charge on any atom is -0.309 e. The second-order valence-corrected chi connectivity index (χ2v) is 3.36. The summed E-state index contributed by atoms with van der Waals surface area (Å²) in [6.07, 6.45) is 2.12. The second-order valence-electron chi connectivity index (χ2n) is 3.36. The van der Waals surface area contributed by atoms with Gasteiger partial charge in [0, 0.05) is 12.5 Å². The summed E-state index contributed by atoms with van der Waals surface area (Å²) in [5.74, 6) is 0.565. The second kappa shape index (κ2) is 5.30. The molecule has 0 amide bonds. The van der Waals surface area contributed by atoms with E-state index in [2.05, 4.69) is 11.8 Å². The van der Waals surface area contributed by atoms with Crippen LogP contribution in [0.15, 0.2) is 0 Å². The molecule has 0 aromatic carbocycles. The highest BCUT2D eigenvalue weighted by atomic mass is 16.1. The molecule has 0 aromatic heterocycles. The van der Waals surface area contributed by atoms with E-state index in [9.17, 15) is 4.79 Å². The molecule has 0 radical (unpaired) electrons. The molecule has 0 aliphatic carbocycles. The SMILES string of the molecule is CCCC(CN(C)C)C(C)=O. The molecule has 1 unspecified atom stereocenters. The highest BCUT2D eigenvalue weighted by Crippen LogP contribution is 2.07. The third-order valence-corrected chi connectivity index (χ3v) is 1.80. The molecule has 0 bridgehead atoms. The average Bonchev–Trinajstić information content (AvgIpc) is 1.86. The molecule has 0 aliphatic rings. The van der Waals surface area contributed by atoms with E-state index in [-0.39, 0.29) is 5.92 Å². The van der Waals surface area contributed by atoms with Crippen molar-refractivity contribution in [1.82, 2.24) is 4.90 Å². The summed E-state index contributed by atoms with van der Waals surface area (Å²) in [4.78, 5) is 13.1. The molecule has 0 aliphatic heterocycles. The molecule has 0 heterocycles. The molecule has 0 fully saturated rings. The number of rotatable bonds is 5. The van der Waals surface area contributed by atoms with Crippen LogP contribution in [0.1, 0.15) is 26.7 Å². The summed E-state index contributed by atoms with van der Waals surface area (Å²) >= 11 is 0. The van der Waals surface area contributed by atoms with Crippen LogP contribution >= 0.6 is 0 Å². The van der Waals surface area contributed by atoms with Gasteiger partial charge in [0.15, 0.2) is 0 Å². The smallest absolute Gasteiger partial charge is 0.134 e. The predicted octanol–water partition coefficient (Wildman–Crippen LogP) is 1.55. The minimum atomic E-state index is 0.245. The summed E-state index contributed by atoms with van der Waals surface area (Å²) in [6.45, 7) is 4.69. The predicted molar refractivity (Wildman–Crippen MR) is 47.6 cm³/mol. The zero-order valence-corrected chi connectivity index (χ0v) is 8.05. The van der Waals surface area contributed by atoms with E-state index in [1.807, 2.05) is 14.1 Å². The first-order chi connectivity index (χ1) is 5.07. The topological polar surface area (TPSA) is 20.3 Å². The number of carbonyl (C=O) groups excluding carboxylic acids is 1. The van der Waals surface area contributed by atoms with Gasteiger partial charge in [-0.05, 0) is 27.4 Å². The Kier molecular flexibility index (Phi) is 5.12. The fourth-order valence-corrected chi connectivity index (χ4v) is 1.21. The number of hydrogen-bond acceptors (Lipinski definition) is 2. The van der Waals surface area contributed by atoms with Gasteiger partial charge in [-0.2, -0.15) is 0 Å². The number of hydrogen-bond donors (Lipinski definition) is 0. The largest absolute Gasteiger partial charge is 0.309 e. The van der Waals surface area contributed by atoms with Gasteiger partial charge in [0.1, 0.15) is 5.78 Å². The van der Waals surface area contributed by atoms with Crippen LogP contribution in [0.25, 0.3) is 0 Å². The molecule has 0 N–H and O–H groups in total. The van der Waals surface area contributed by atoms with Gasteiger partial charge in [-0.3, -0.25) is 4.79 Å². The van der Waals surface area contributed by atoms with Gasteiger partial charge >= 0.3 is 0 Å². The maximum absolute atomic E-state index is 11.0. The first-order valence-corrected chi connectivity index (χ1v) is 4.23. The lowest BCUT2D eigenvalue weighted by Crippen LogP contribution is -2.26. The summed E-state index contributed by atoms with van der Waals surface area (Å²) in [7, 11) is 4.01. The van der Waals surface area contributed by atoms with E-state index in [4.69, 9.17) is 0 Å². The lowest BCUT2D eigenvalue weighted by Gasteiger charge is -2.17. The Morgan fingerprint density at radius 1 is 1.45 bits per heavy atom. The van der Waals surface area contributed by atoms with Crippen LogP contribution in [0.2, 0.25) is 0 Å². The molecule has 0 rings (SSSR count). The molecule has 0 aromatic rings. The Labute approximate surface area is 69.6 Å². The fourth-order valence-electron chi connectivity index (χ4n) is 1.21. The van der Waals surface area contributed by atoms with Crippen LogP contribution in [0.5, 0.6) is 0 Å². The van der Waals surface area contributed by atoms with E-state index < -0.39 is 0 Å². The van der Waals surface area contributed by atoms with Crippen LogP contribution in [-0.2, 0) is 4.79 Å². The molecule has 2 heteroatoms. The van der Waals surface area contributed by atoms with Gasteiger partial charge < -0.3 is 4.90 Å². The molecule has 66 valence electrons. The summed E-state index contributed by atoms with van der Waals surface area (Å²) in [6, 6.07) is 0. The lowest BCUT2D eigenvalue weighted by molar-refractivity contribution is -0.121. The van der Waals surface area contributed by atoms with E-state index in [0.29, 0.717) is 5.78 Å². The van der Waals surface area contributed by atoms with Crippen molar-refractivity contribution in [2.75, 3.05) is 20.6 Å². The van der Waals surface area contributed by atoms with Crippen LogP contribution in [0, 0.1) is 5.92 Å². The van der Waals surface area contributed by atoms with Gasteiger partial charge in [-0.25, -0.2) is 0 Å². The molecule has 2 nitrogen and oxygen atoms in total. The molecule has 1 atom stereocenters. The zero-order chi connectivity index (χ0) is 8.85. The Morgan fingerprint density at radius 2 is 2.00 bits per heavy atom. The Hall–Kier alpha value is -0.370. The van der Waals surface area contributed by atoms with E-state index in [1.54, 1.807) is 6.92 Å². The molecular weight excluding hydrogens is 138 g/mol. The van der Waals surface area contributed by atoms with Crippen molar-refractivity contribution in [2.24, 2.45) is 5.92 Å². The van der Waals surface area contributed by atoms with E-state index >= 15 is 0 Å². The maximum atomic E-state index is 11.0. The third kappa shape index (κ3) is 4.96. The number of nitrogens with zero attached hydrogens (tertiary/aromatic N) is 1. The van der Waals surface area contributed by atoms with Gasteiger partial charge in [0.2, 0.25) is 0 Å². The van der Waals surface area contributed by atoms with Gasteiger partial charge in [0.05, 0.1) is 0 Å². The summed E-state index contributed by atoms with van der Waals surface area (Å²) < 4.78 is 0. The first kappa shape index (κ1) is 10.6. The quantitative estimate of drug-likeness (QED) is 0.603. The lowest BCUT2D eigenvalue weighted by atomic mass is 9.99. The molecule has 0 saturated heterocycles. The minimum absolute atomic E-state index is 0.245. The monoisotopic (exact) mass is 157 g/mol. The first-order valence-electron chi connectivity index (χ1n) is 4.23. The number of carbonyl (C=O) groups is 1.